The van der Waals surface area contributed by atoms with Crippen molar-refractivity contribution in [3.8, 4) is 0 Å². The summed E-state index contributed by atoms with van der Waals surface area (Å²) in [6.45, 7) is 20.2. The van der Waals surface area contributed by atoms with Crippen LogP contribution in [-0.2, 0) is 62.1 Å². The first-order valence-electron chi connectivity index (χ1n) is 26.6. The topological polar surface area (TPSA) is 266 Å². The van der Waals surface area contributed by atoms with Crippen LogP contribution in [0.1, 0.15) is 179 Å². The van der Waals surface area contributed by atoms with Gasteiger partial charge in [0.2, 0.25) is 10.4 Å². The molecule has 0 bridgehead atoms. The molecule has 424 valence electrons. The highest BCUT2D eigenvalue weighted by molar-refractivity contribution is 7.80. The number of nitrogens with zero attached hydrogens (tertiary/aromatic N) is 1. The van der Waals surface area contributed by atoms with Gasteiger partial charge in [0.25, 0.3) is 0 Å². The lowest BCUT2D eigenvalue weighted by atomic mass is 9.74. The molecule has 3 aliphatic rings. The molecule has 3 heterocycles. The van der Waals surface area contributed by atoms with Crippen molar-refractivity contribution in [3.05, 3.63) is 0 Å². The van der Waals surface area contributed by atoms with E-state index in [9.17, 15) is 47.8 Å². The predicted molar refractivity (Wildman–Crippen MR) is 268 cm³/mol. The van der Waals surface area contributed by atoms with E-state index in [0.29, 0.717) is 12.8 Å². The van der Waals surface area contributed by atoms with Crippen LogP contribution in [0.15, 0.2) is 0 Å². The zero-order valence-corrected chi connectivity index (χ0v) is 47.2. The first-order valence-corrected chi connectivity index (χ1v) is 27.9. The Kier molecular flexibility index (Phi) is 27.7. The molecule has 0 spiro atoms. The molecule has 18 atom stereocenters. The number of carbonyl (C=O) groups excluding carboxylic acids is 3. The fourth-order valence-electron chi connectivity index (χ4n) is 10.5. The second-order valence-corrected chi connectivity index (χ2v) is 22.8. The third kappa shape index (κ3) is 19.6. The van der Waals surface area contributed by atoms with Gasteiger partial charge in [-0.3, -0.25) is 18.6 Å². The zero-order chi connectivity index (χ0) is 54.9. The van der Waals surface area contributed by atoms with E-state index in [4.69, 9.17) is 33.2 Å². The standard InChI is InChI=1S/C40H71NO14.C12H26O4S/c1-15-27-40(11,48)33(44)22(5)30(43)20(3)18-38(9,47)35(55-37-32(53-28(42)16-2)26(41(12)13)17-21(4)50-37)23(6)31(24(7)36(46)52-27)54-29-19-39(10,49-14)34(45)25(8)51-29;1-2-3-4-5-6-7-8-9-10-11-12-16-17(13,14)15/h20-27,29,31-35,37,44-45,47-48H,15-19H2,1-14H3;2-12H2,1H3,(H,13,14,15)/p-1/t20-,21-,22+,23+,24-,25+,26+,27-,29+,31+,32-,33-,34+,35-,37+,38-,39-,40-;/m1./s1. The molecule has 0 unspecified atom stereocenters. The molecule has 0 aromatic heterocycles. The lowest BCUT2D eigenvalue weighted by Crippen LogP contribution is -2.61. The van der Waals surface area contributed by atoms with Gasteiger partial charge in [-0.2, -0.15) is 0 Å². The van der Waals surface area contributed by atoms with Crippen LogP contribution < -0.4 is 0 Å². The second-order valence-electron chi connectivity index (χ2n) is 21.7. The van der Waals surface area contributed by atoms with Crippen LogP contribution in [0.2, 0.25) is 0 Å². The van der Waals surface area contributed by atoms with Gasteiger partial charge in [-0.05, 0) is 81.3 Å². The van der Waals surface area contributed by atoms with Crippen LogP contribution in [0, 0.1) is 23.7 Å². The van der Waals surface area contributed by atoms with Gasteiger partial charge in [0.05, 0.1) is 60.3 Å². The molecule has 0 aliphatic carbocycles. The highest BCUT2D eigenvalue weighted by Crippen LogP contribution is 2.41. The van der Waals surface area contributed by atoms with Gasteiger partial charge in [-0.25, -0.2) is 8.42 Å². The predicted octanol–water partition coefficient (Wildman–Crippen LogP) is 6.13. The number of hydrogen-bond acceptors (Lipinski definition) is 19. The number of ether oxygens (including phenoxy) is 7. The SMILES string of the molecule is CCC(=O)O[C@H]1[C@H](O[C@@H]2[C@@H](C)[C@H](O[C@H]3C[C@@](C)(OC)[C@@H](O)[C@H](C)O3)[C@@H](C)C(=O)O[C@H](CC)[C@@](C)(O)[C@H](O)[C@@H](C)C(=O)[C@H](C)C[C@@]2(C)O)O[C@H](C)C[C@@H]1N(C)C.CCCCCCCCCCCCOS(=O)(=O)[O-]. The van der Waals surface area contributed by atoms with Crippen molar-refractivity contribution in [2.75, 3.05) is 27.8 Å². The van der Waals surface area contributed by atoms with Crippen molar-refractivity contribution in [1.82, 2.24) is 4.90 Å². The molecule has 20 heteroatoms. The van der Waals surface area contributed by atoms with E-state index in [-0.39, 0.29) is 44.4 Å². The number of methoxy groups -OCH3 is 1. The number of esters is 2. The van der Waals surface area contributed by atoms with Gasteiger partial charge >= 0.3 is 11.9 Å². The van der Waals surface area contributed by atoms with Crippen molar-refractivity contribution < 1.29 is 85.1 Å². The second kappa shape index (κ2) is 30.1. The number of aliphatic hydroxyl groups excluding tert-OH is 2. The first kappa shape index (κ1) is 66.2. The first-order chi connectivity index (χ1) is 33.4. The molecule has 3 saturated heterocycles. The largest absolute Gasteiger partial charge is 0.726 e. The highest BCUT2D eigenvalue weighted by atomic mass is 32.3. The lowest BCUT2D eigenvalue weighted by molar-refractivity contribution is -0.319. The fourth-order valence-corrected chi connectivity index (χ4v) is 10.8. The van der Waals surface area contributed by atoms with Gasteiger partial charge in [-0.15, -0.1) is 0 Å². The summed E-state index contributed by atoms with van der Waals surface area (Å²) in [5.41, 5.74) is -4.92. The van der Waals surface area contributed by atoms with Crippen LogP contribution in [0.25, 0.3) is 0 Å². The number of unbranched alkanes of at least 4 members (excludes halogenated alkanes) is 9. The van der Waals surface area contributed by atoms with Gasteiger partial charge < -0.3 is 63.0 Å². The fraction of sp³-hybridized carbons (Fsp3) is 0.942. The Morgan fingerprint density at radius 3 is 1.89 bits per heavy atom. The summed E-state index contributed by atoms with van der Waals surface area (Å²) in [4.78, 5) is 42.9. The molecule has 3 aliphatic heterocycles. The van der Waals surface area contributed by atoms with Gasteiger partial charge in [0.15, 0.2) is 18.7 Å². The quantitative estimate of drug-likeness (QED) is 0.0436. The highest BCUT2D eigenvalue weighted by Gasteiger charge is 2.54. The maximum absolute atomic E-state index is 14.2. The summed E-state index contributed by atoms with van der Waals surface area (Å²) in [6, 6.07) is -0.319. The van der Waals surface area contributed by atoms with Crippen molar-refractivity contribution in [1.29, 1.82) is 0 Å². The minimum absolute atomic E-state index is 0.0301. The molecule has 0 saturated carbocycles. The Morgan fingerprint density at radius 1 is 0.806 bits per heavy atom. The minimum Gasteiger partial charge on any atom is -0.726 e. The van der Waals surface area contributed by atoms with E-state index < -0.39 is 124 Å². The maximum atomic E-state index is 14.2. The Bertz CT molecular complexity index is 1730. The molecule has 72 heavy (non-hydrogen) atoms. The molecule has 0 amide bonds. The molecule has 3 rings (SSSR count). The van der Waals surface area contributed by atoms with Crippen LogP contribution >= 0.6 is 0 Å². The molecular weight excluding hydrogens is 959 g/mol. The molecule has 0 aromatic carbocycles. The average Bonchev–Trinajstić information content (AvgIpc) is 3.30. The van der Waals surface area contributed by atoms with Gasteiger partial charge in [0, 0.05) is 37.7 Å². The van der Waals surface area contributed by atoms with Crippen LogP contribution in [0.4, 0.5) is 0 Å². The summed E-state index contributed by atoms with van der Waals surface area (Å²) < 4.78 is 78.1. The Balaban J connectivity index is 0.000000887. The summed E-state index contributed by atoms with van der Waals surface area (Å²) in [7, 11) is 0.723. The molecule has 0 radical (unpaired) electrons. The van der Waals surface area contributed by atoms with E-state index in [0.717, 1.165) is 12.8 Å². The summed E-state index contributed by atoms with van der Waals surface area (Å²) >= 11 is 0. The molecular formula is C52H96NO18S-. The number of hydrogen-bond donors (Lipinski definition) is 4. The Morgan fingerprint density at radius 2 is 1.38 bits per heavy atom. The van der Waals surface area contributed by atoms with Crippen LogP contribution in [0.5, 0.6) is 0 Å². The van der Waals surface area contributed by atoms with Crippen LogP contribution in [0.3, 0.4) is 0 Å². The van der Waals surface area contributed by atoms with E-state index in [1.807, 2.05) is 25.9 Å². The number of Topliss-reactive ketones (excluding diaryl/α,β-unsaturated/α-hetero) is 1. The molecule has 4 N–H and O–H groups in total. The number of aliphatic hydroxyl groups is 4. The number of ketones is 1. The number of cyclic esters (lactones) is 1. The van der Waals surface area contributed by atoms with Crippen LogP contribution in [-0.4, -0.2) is 168 Å². The Labute approximate surface area is 432 Å². The third-order valence-electron chi connectivity index (χ3n) is 15.1. The van der Waals surface area contributed by atoms with Gasteiger partial charge in [-0.1, -0.05) is 99.3 Å². The van der Waals surface area contributed by atoms with Crippen molar-refractivity contribution in [2.45, 2.75) is 264 Å². The van der Waals surface area contributed by atoms with E-state index in [1.165, 1.54) is 72.8 Å². The van der Waals surface area contributed by atoms with E-state index in [1.54, 1.807) is 48.5 Å². The number of rotatable bonds is 21. The maximum Gasteiger partial charge on any atom is 0.311 e. The summed E-state index contributed by atoms with van der Waals surface area (Å²) in [6.07, 6.45) is 2.02. The lowest BCUT2D eigenvalue weighted by Gasteiger charge is -2.49. The molecule has 19 nitrogen and oxygen atoms in total. The smallest absolute Gasteiger partial charge is 0.311 e. The minimum atomic E-state index is -4.48. The number of carbonyl (C=O) groups is 3. The van der Waals surface area contributed by atoms with E-state index >= 15 is 0 Å². The van der Waals surface area contributed by atoms with Crippen molar-refractivity contribution >= 4 is 28.1 Å². The summed E-state index contributed by atoms with van der Waals surface area (Å²) in [5, 5.41) is 46.6. The molecule has 0 aromatic rings. The summed E-state index contributed by atoms with van der Waals surface area (Å²) in [5.74, 6) is -5.59. The van der Waals surface area contributed by atoms with Crippen molar-refractivity contribution in [2.24, 2.45) is 23.7 Å². The number of likely N-dealkylation sites (N-methyl/N-ethyl adjacent to an activating group) is 1. The monoisotopic (exact) mass is 1050 g/mol. The normalized spacial score (nSPS) is 38.6. The zero-order valence-electron chi connectivity index (χ0n) is 46.3. The Hall–Kier alpha value is -1.92. The molecule has 3 fully saturated rings. The van der Waals surface area contributed by atoms with E-state index in [2.05, 4.69) is 11.1 Å². The van der Waals surface area contributed by atoms with Gasteiger partial charge in [0.1, 0.15) is 23.6 Å². The van der Waals surface area contributed by atoms with Crippen molar-refractivity contribution in [3.63, 3.8) is 0 Å². The third-order valence-corrected chi connectivity index (χ3v) is 15.5. The average molecular weight is 1060 g/mol.